The number of amides is 3. The van der Waals surface area contributed by atoms with Gasteiger partial charge in [0.15, 0.2) is 0 Å². The van der Waals surface area contributed by atoms with Crippen molar-refractivity contribution in [1.82, 2.24) is 16.0 Å². The lowest BCUT2D eigenvalue weighted by molar-refractivity contribution is -0.129. The monoisotopic (exact) mass is 635 g/mol. The molecule has 0 saturated carbocycles. The van der Waals surface area contributed by atoms with Crippen molar-refractivity contribution in [2.45, 2.75) is 50.8 Å². The van der Waals surface area contributed by atoms with Crippen LogP contribution in [0, 0.1) is 0 Å². The predicted octanol–water partition coefficient (Wildman–Crippen LogP) is 5.52. The van der Waals surface area contributed by atoms with Gasteiger partial charge in [0.2, 0.25) is 11.8 Å². The van der Waals surface area contributed by atoms with E-state index in [0.717, 1.165) is 22.3 Å². The van der Waals surface area contributed by atoms with Gasteiger partial charge in [-0.25, -0.2) is 9.59 Å². The summed E-state index contributed by atoms with van der Waals surface area (Å²) in [6.45, 7) is 5.38. The van der Waals surface area contributed by atoms with E-state index < -0.39 is 41.1 Å². The highest BCUT2D eigenvalue weighted by molar-refractivity contribution is 5.91. The zero-order chi connectivity index (χ0) is 33.9. The van der Waals surface area contributed by atoms with Crippen molar-refractivity contribution < 1.29 is 28.7 Å². The second-order valence-electron chi connectivity index (χ2n) is 12.0. The maximum absolute atomic E-state index is 14.0. The smallest absolute Gasteiger partial charge is 0.408 e. The van der Waals surface area contributed by atoms with Crippen molar-refractivity contribution in [1.29, 1.82) is 0 Å². The Morgan fingerprint density at radius 2 is 1.19 bits per heavy atom. The molecule has 4 aromatic rings. The number of carbonyl (C=O) groups is 4. The molecule has 0 saturated heterocycles. The van der Waals surface area contributed by atoms with Crippen molar-refractivity contribution in [2.75, 3.05) is 13.7 Å². The standard InChI is InChI=1S/C38H41N3O6/c1-37(2,3)47-36(45)40-32(34(43)39-25-24-27-20-22-28(23-21-27)35(44)46-4)26-33(42)41-38(29-14-8-5-9-15-29,30-16-10-6-11-17-30)31-18-12-7-13-19-31/h5-23,32H,24-26H2,1-4H3,(H,39,43)(H,40,45)(H,41,42)/t32-/m1/s1. The Bertz CT molecular complexity index is 1540. The summed E-state index contributed by atoms with van der Waals surface area (Å²) < 4.78 is 10.2. The van der Waals surface area contributed by atoms with Gasteiger partial charge in [0.05, 0.1) is 19.1 Å². The first kappa shape index (κ1) is 34.4. The molecular formula is C38H41N3O6. The molecule has 0 aliphatic rings. The Balaban J connectivity index is 1.58. The van der Waals surface area contributed by atoms with Crippen molar-refractivity contribution in [3.05, 3.63) is 143 Å². The first-order valence-electron chi connectivity index (χ1n) is 15.4. The van der Waals surface area contributed by atoms with Gasteiger partial charge in [0.25, 0.3) is 0 Å². The molecule has 3 N–H and O–H groups in total. The lowest BCUT2D eigenvalue weighted by Gasteiger charge is -2.37. The quantitative estimate of drug-likeness (QED) is 0.139. The number of benzene rings is 4. The number of hydrogen-bond donors (Lipinski definition) is 3. The lowest BCUT2D eigenvalue weighted by atomic mass is 9.77. The van der Waals surface area contributed by atoms with E-state index in [2.05, 4.69) is 16.0 Å². The fourth-order valence-electron chi connectivity index (χ4n) is 5.26. The van der Waals surface area contributed by atoms with Gasteiger partial charge in [-0.05, 0) is 61.6 Å². The van der Waals surface area contributed by atoms with Crippen LogP contribution in [0.4, 0.5) is 4.79 Å². The molecule has 1 atom stereocenters. The van der Waals surface area contributed by atoms with E-state index in [1.807, 2.05) is 91.0 Å². The SMILES string of the molecule is COC(=O)c1ccc(CCNC(=O)[C@@H](CC(=O)NC(c2ccccc2)(c2ccccc2)c2ccccc2)NC(=O)OC(C)(C)C)cc1. The van der Waals surface area contributed by atoms with E-state index in [1.165, 1.54) is 7.11 Å². The molecule has 9 nitrogen and oxygen atoms in total. The zero-order valence-corrected chi connectivity index (χ0v) is 27.1. The maximum atomic E-state index is 14.0. The van der Waals surface area contributed by atoms with Gasteiger partial charge in [-0.15, -0.1) is 0 Å². The third-order valence-corrected chi connectivity index (χ3v) is 7.43. The van der Waals surface area contributed by atoms with Gasteiger partial charge in [0, 0.05) is 6.54 Å². The molecule has 0 aromatic heterocycles. The van der Waals surface area contributed by atoms with Crippen molar-refractivity contribution in [3.8, 4) is 0 Å². The Morgan fingerprint density at radius 1 is 0.702 bits per heavy atom. The number of ether oxygens (including phenoxy) is 2. The molecule has 4 rings (SSSR count). The number of nitrogens with one attached hydrogen (secondary N) is 3. The minimum atomic E-state index is -1.23. The molecule has 47 heavy (non-hydrogen) atoms. The van der Waals surface area contributed by atoms with Crippen LogP contribution < -0.4 is 16.0 Å². The Hall–Kier alpha value is -5.44. The van der Waals surface area contributed by atoms with E-state index >= 15 is 0 Å². The van der Waals surface area contributed by atoms with Crippen molar-refractivity contribution in [3.63, 3.8) is 0 Å². The van der Waals surface area contributed by atoms with Crippen LogP contribution >= 0.6 is 0 Å². The summed E-state index contributed by atoms with van der Waals surface area (Å²) in [6, 6.07) is 34.5. The fraction of sp³-hybridized carbons (Fsp3) is 0.263. The number of carbonyl (C=O) groups excluding carboxylic acids is 4. The highest BCUT2D eigenvalue weighted by Gasteiger charge is 2.39. The van der Waals surface area contributed by atoms with Gasteiger partial charge in [-0.3, -0.25) is 9.59 Å². The molecule has 9 heteroatoms. The fourth-order valence-corrected chi connectivity index (χ4v) is 5.26. The van der Waals surface area contributed by atoms with Crippen LogP contribution in [0.15, 0.2) is 115 Å². The first-order chi connectivity index (χ1) is 22.5. The second-order valence-corrected chi connectivity index (χ2v) is 12.0. The highest BCUT2D eigenvalue weighted by atomic mass is 16.6. The molecule has 0 bridgehead atoms. The van der Waals surface area contributed by atoms with Gasteiger partial charge < -0.3 is 25.4 Å². The summed E-state index contributed by atoms with van der Waals surface area (Å²) in [5.74, 6) is -1.44. The number of rotatable bonds is 12. The average Bonchev–Trinajstić information content (AvgIpc) is 3.07. The number of alkyl carbamates (subject to hydrolysis) is 1. The summed E-state index contributed by atoms with van der Waals surface area (Å²) in [5.41, 5.74) is 1.87. The van der Waals surface area contributed by atoms with Crippen LogP contribution in [-0.4, -0.2) is 49.2 Å². The van der Waals surface area contributed by atoms with E-state index in [4.69, 9.17) is 9.47 Å². The molecular weight excluding hydrogens is 594 g/mol. The van der Waals surface area contributed by atoms with Gasteiger partial charge in [0.1, 0.15) is 17.2 Å². The molecule has 0 unspecified atom stereocenters. The summed E-state index contributed by atoms with van der Waals surface area (Å²) in [5, 5.41) is 8.67. The topological polar surface area (TPSA) is 123 Å². The number of methoxy groups -OCH3 is 1. The molecule has 0 spiro atoms. The lowest BCUT2D eigenvalue weighted by Crippen LogP contribution is -2.53. The predicted molar refractivity (Wildman–Crippen MR) is 180 cm³/mol. The Morgan fingerprint density at radius 3 is 1.64 bits per heavy atom. The van der Waals surface area contributed by atoms with E-state index in [9.17, 15) is 19.2 Å². The van der Waals surface area contributed by atoms with Crippen LogP contribution in [0.3, 0.4) is 0 Å². The third kappa shape index (κ3) is 9.29. The molecule has 3 amide bonds. The normalized spacial score (nSPS) is 11.9. The van der Waals surface area contributed by atoms with E-state index in [-0.39, 0.29) is 13.0 Å². The van der Waals surface area contributed by atoms with Crippen LogP contribution in [0.5, 0.6) is 0 Å². The van der Waals surface area contributed by atoms with Crippen molar-refractivity contribution >= 4 is 23.9 Å². The van der Waals surface area contributed by atoms with Crippen LogP contribution in [-0.2, 0) is 31.0 Å². The zero-order valence-electron chi connectivity index (χ0n) is 27.1. The van der Waals surface area contributed by atoms with Crippen LogP contribution in [0.25, 0.3) is 0 Å². The van der Waals surface area contributed by atoms with Crippen LogP contribution in [0.1, 0.15) is 59.8 Å². The van der Waals surface area contributed by atoms with E-state index in [0.29, 0.717) is 12.0 Å². The van der Waals surface area contributed by atoms with Crippen LogP contribution in [0.2, 0.25) is 0 Å². The molecule has 4 aromatic carbocycles. The van der Waals surface area contributed by atoms with Gasteiger partial charge in [-0.1, -0.05) is 103 Å². The average molecular weight is 636 g/mol. The Kier molecular flexibility index (Phi) is 11.5. The first-order valence-corrected chi connectivity index (χ1v) is 15.4. The highest BCUT2D eigenvalue weighted by Crippen LogP contribution is 2.37. The Labute approximate surface area is 275 Å². The molecule has 0 heterocycles. The molecule has 244 valence electrons. The summed E-state index contributed by atoms with van der Waals surface area (Å²) in [6.07, 6.45) is -0.713. The second kappa shape index (κ2) is 15.7. The molecule has 0 radical (unpaired) electrons. The van der Waals surface area contributed by atoms with E-state index in [1.54, 1.807) is 45.0 Å². The minimum Gasteiger partial charge on any atom is -0.465 e. The maximum Gasteiger partial charge on any atom is 0.408 e. The number of esters is 1. The molecule has 0 aliphatic heterocycles. The third-order valence-electron chi connectivity index (χ3n) is 7.43. The minimum absolute atomic E-state index is 0.229. The van der Waals surface area contributed by atoms with Gasteiger partial charge >= 0.3 is 12.1 Å². The number of hydrogen-bond acceptors (Lipinski definition) is 6. The summed E-state index contributed by atoms with van der Waals surface area (Å²) in [4.78, 5) is 52.1. The summed E-state index contributed by atoms with van der Waals surface area (Å²) >= 11 is 0. The summed E-state index contributed by atoms with van der Waals surface area (Å²) in [7, 11) is 1.32. The molecule has 0 aliphatic carbocycles. The molecule has 0 fully saturated rings. The largest absolute Gasteiger partial charge is 0.465 e. The van der Waals surface area contributed by atoms with Crippen molar-refractivity contribution in [2.24, 2.45) is 0 Å². The van der Waals surface area contributed by atoms with Gasteiger partial charge in [-0.2, -0.15) is 0 Å².